The van der Waals surface area contributed by atoms with E-state index in [0.717, 1.165) is 6.07 Å². The van der Waals surface area contributed by atoms with E-state index in [1.165, 1.54) is 18.6 Å². The lowest BCUT2D eigenvalue weighted by molar-refractivity contribution is -0.140. The Morgan fingerprint density at radius 3 is 2.39 bits per heavy atom. The first-order chi connectivity index (χ1) is 8.39. The van der Waals surface area contributed by atoms with Gasteiger partial charge in [-0.25, -0.2) is 4.39 Å². The number of halogens is 4. The van der Waals surface area contributed by atoms with Crippen molar-refractivity contribution in [3.05, 3.63) is 59.3 Å². The van der Waals surface area contributed by atoms with E-state index in [0.29, 0.717) is 17.7 Å². The third-order valence-electron chi connectivity index (χ3n) is 2.47. The standard InChI is InChI=1S/C12H8F4O2/c13-10-2-1-7(5-9(10)12(14,15)16)11(17)8-3-4-18-6-8/h1-6,11,17H. The molecule has 0 radical (unpaired) electrons. The molecule has 1 aromatic heterocycles. The molecule has 0 bridgehead atoms. The highest BCUT2D eigenvalue weighted by atomic mass is 19.4. The summed E-state index contributed by atoms with van der Waals surface area (Å²) in [6, 6.07) is 3.79. The van der Waals surface area contributed by atoms with Crippen LogP contribution in [0.1, 0.15) is 22.8 Å². The van der Waals surface area contributed by atoms with Crippen molar-refractivity contribution in [2.24, 2.45) is 0 Å². The lowest BCUT2D eigenvalue weighted by Crippen LogP contribution is -2.10. The van der Waals surface area contributed by atoms with Crippen molar-refractivity contribution in [2.45, 2.75) is 12.3 Å². The first-order valence-corrected chi connectivity index (χ1v) is 4.96. The molecule has 6 heteroatoms. The van der Waals surface area contributed by atoms with Crippen LogP contribution in [0.25, 0.3) is 0 Å². The molecule has 0 amide bonds. The summed E-state index contributed by atoms with van der Waals surface area (Å²) in [6.45, 7) is 0. The predicted molar refractivity (Wildman–Crippen MR) is 54.2 cm³/mol. The van der Waals surface area contributed by atoms with E-state index in [2.05, 4.69) is 0 Å². The fourth-order valence-electron chi connectivity index (χ4n) is 1.55. The van der Waals surface area contributed by atoms with Gasteiger partial charge in [0, 0.05) is 5.56 Å². The van der Waals surface area contributed by atoms with Crippen LogP contribution in [0.2, 0.25) is 0 Å². The second-order valence-electron chi connectivity index (χ2n) is 3.70. The molecule has 0 aliphatic carbocycles. The highest BCUT2D eigenvalue weighted by molar-refractivity contribution is 5.33. The number of rotatable bonds is 2. The van der Waals surface area contributed by atoms with Crippen molar-refractivity contribution in [1.29, 1.82) is 0 Å². The van der Waals surface area contributed by atoms with Crippen molar-refractivity contribution in [2.75, 3.05) is 0 Å². The Morgan fingerprint density at radius 1 is 1.11 bits per heavy atom. The van der Waals surface area contributed by atoms with Gasteiger partial charge in [0.15, 0.2) is 0 Å². The molecule has 1 unspecified atom stereocenters. The first kappa shape index (κ1) is 12.6. The fraction of sp³-hybridized carbons (Fsp3) is 0.167. The van der Waals surface area contributed by atoms with Gasteiger partial charge in [0.05, 0.1) is 18.1 Å². The van der Waals surface area contributed by atoms with E-state index in [9.17, 15) is 22.7 Å². The molecule has 2 nitrogen and oxygen atoms in total. The molecule has 96 valence electrons. The fourth-order valence-corrected chi connectivity index (χ4v) is 1.55. The lowest BCUT2D eigenvalue weighted by Gasteiger charge is -2.13. The van der Waals surface area contributed by atoms with Gasteiger partial charge in [0.25, 0.3) is 0 Å². The SMILES string of the molecule is OC(c1ccoc1)c1ccc(F)c(C(F)(F)F)c1. The summed E-state index contributed by atoms with van der Waals surface area (Å²) in [5, 5.41) is 9.81. The minimum Gasteiger partial charge on any atom is -0.472 e. The molecule has 0 saturated carbocycles. The van der Waals surface area contributed by atoms with Gasteiger partial charge in [-0.1, -0.05) is 6.07 Å². The summed E-state index contributed by atoms with van der Waals surface area (Å²) >= 11 is 0. The molecule has 0 fully saturated rings. The predicted octanol–water partition coefficient (Wildman–Crippen LogP) is 3.52. The van der Waals surface area contributed by atoms with Crippen LogP contribution in [0.5, 0.6) is 0 Å². The molecular weight excluding hydrogens is 252 g/mol. The Kier molecular flexibility index (Phi) is 3.13. The zero-order chi connectivity index (χ0) is 13.3. The number of hydrogen-bond acceptors (Lipinski definition) is 2. The van der Waals surface area contributed by atoms with Gasteiger partial charge in [-0.2, -0.15) is 13.2 Å². The molecule has 0 spiro atoms. The summed E-state index contributed by atoms with van der Waals surface area (Å²) in [7, 11) is 0. The Balaban J connectivity index is 2.42. The highest BCUT2D eigenvalue weighted by Crippen LogP contribution is 2.34. The van der Waals surface area contributed by atoms with Crippen molar-refractivity contribution >= 4 is 0 Å². The maximum absolute atomic E-state index is 13.1. The van der Waals surface area contributed by atoms with Gasteiger partial charge in [0.2, 0.25) is 0 Å². The first-order valence-electron chi connectivity index (χ1n) is 4.96. The largest absolute Gasteiger partial charge is 0.472 e. The lowest BCUT2D eigenvalue weighted by atomic mass is 10.0. The second-order valence-corrected chi connectivity index (χ2v) is 3.70. The van der Waals surface area contributed by atoms with Crippen molar-refractivity contribution in [1.82, 2.24) is 0 Å². The third kappa shape index (κ3) is 2.38. The van der Waals surface area contributed by atoms with Crippen LogP contribution in [0.15, 0.2) is 41.2 Å². The smallest absolute Gasteiger partial charge is 0.419 e. The number of aliphatic hydroxyl groups is 1. The second kappa shape index (κ2) is 4.45. The maximum atomic E-state index is 13.1. The normalized spacial score (nSPS) is 13.6. The zero-order valence-corrected chi connectivity index (χ0v) is 8.91. The molecule has 1 aromatic carbocycles. The molecule has 1 atom stereocenters. The summed E-state index contributed by atoms with van der Waals surface area (Å²) < 4.78 is 55.3. The average Bonchev–Trinajstić information content (AvgIpc) is 2.80. The molecule has 18 heavy (non-hydrogen) atoms. The van der Waals surface area contributed by atoms with E-state index >= 15 is 0 Å². The minimum atomic E-state index is -4.80. The molecule has 0 aliphatic rings. The quantitative estimate of drug-likeness (QED) is 0.838. The van der Waals surface area contributed by atoms with Crippen LogP contribution in [-0.2, 0) is 6.18 Å². The van der Waals surface area contributed by atoms with E-state index in [-0.39, 0.29) is 5.56 Å². The van der Waals surface area contributed by atoms with Crippen LogP contribution in [-0.4, -0.2) is 5.11 Å². The maximum Gasteiger partial charge on any atom is 0.419 e. The van der Waals surface area contributed by atoms with Crippen LogP contribution in [0.3, 0.4) is 0 Å². The molecule has 1 N–H and O–H groups in total. The van der Waals surface area contributed by atoms with E-state index in [1.807, 2.05) is 0 Å². The van der Waals surface area contributed by atoms with Gasteiger partial charge in [-0.05, 0) is 23.8 Å². The Bertz CT molecular complexity index is 532. The topological polar surface area (TPSA) is 33.4 Å². The summed E-state index contributed by atoms with van der Waals surface area (Å²) in [5.74, 6) is -1.37. The molecule has 2 rings (SSSR count). The van der Waals surface area contributed by atoms with Crippen LogP contribution in [0.4, 0.5) is 17.6 Å². The van der Waals surface area contributed by atoms with Crippen LogP contribution >= 0.6 is 0 Å². The third-order valence-corrected chi connectivity index (χ3v) is 2.47. The molecule has 0 saturated heterocycles. The van der Waals surface area contributed by atoms with Gasteiger partial charge in [-0.15, -0.1) is 0 Å². The molecule has 0 aliphatic heterocycles. The summed E-state index contributed by atoms with van der Waals surface area (Å²) in [5.41, 5.74) is -1.15. The van der Waals surface area contributed by atoms with Crippen LogP contribution < -0.4 is 0 Å². The van der Waals surface area contributed by atoms with Crippen molar-refractivity contribution < 1.29 is 27.1 Å². The molecular formula is C12H8F4O2. The zero-order valence-electron chi connectivity index (χ0n) is 8.91. The monoisotopic (exact) mass is 260 g/mol. The van der Waals surface area contributed by atoms with Gasteiger partial charge in [0.1, 0.15) is 11.9 Å². The van der Waals surface area contributed by atoms with Gasteiger partial charge < -0.3 is 9.52 Å². The highest BCUT2D eigenvalue weighted by Gasteiger charge is 2.34. The van der Waals surface area contributed by atoms with E-state index < -0.39 is 23.7 Å². The Hall–Kier alpha value is -1.82. The average molecular weight is 260 g/mol. The van der Waals surface area contributed by atoms with Crippen LogP contribution in [0, 0.1) is 5.82 Å². The van der Waals surface area contributed by atoms with Gasteiger partial charge >= 0.3 is 6.18 Å². The van der Waals surface area contributed by atoms with Crippen molar-refractivity contribution in [3.8, 4) is 0 Å². The number of hydrogen-bond donors (Lipinski definition) is 1. The number of alkyl halides is 3. The Morgan fingerprint density at radius 2 is 1.83 bits per heavy atom. The number of benzene rings is 1. The Labute approximate surface area is 99.5 Å². The van der Waals surface area contributed by atoms with E-state index in [1.54, 1.807) is 0 Å². The number of aliphatic hydroxyl groups excluding tert-OH is 1. The summed E-state index contributed by atoms with van der Waals surface area (Å²) in [6.07, 6.45) is -3.59. The minimum absolute atomic E-state index is 0.0508. The number of furan rings is 1. The molecule has 1 heterocycles. The summed E-state index contributed by atoms with van der Waals surface area (Å²) in [4.78, 5) is 0. The molecule has 2 aromatic rings. The van der Waals surface area contributed by atoms with E-state index in [4.69, 9.17) is 4.42 Å². The van der Waals surface area contributed by atoms with Gasteiger partial charge in [-0.3, -0.25) is 0 Å². The van der Waals surface area contributed by atoms with Crippen molar-refractivity contribution in [3.63, 3.8) is 0 Å².